The molecule has 1 aromatic heterocycles. The minimum Gasteiger partial charge on any atom is -0.350 e. The highest BCUT2D eigenvalue weighted by Gasteiger charge is 2.32. The quantitative estimate of drug-likeness (QED) is 0.729. The van der Waals surface area contributed by atoms with Crippen molar-refractivity contribution in [2.45, 2.75) is 39.5 Å². The summed E-state index contributed by atoms with van der Waals surface area (Å²) in [7, 11) is 0. The highest BCUT2D eigenvalue weighted by molar-refractivity contribution is 6.35. The van der Waals surface area contributed by atoms with E-state index in [9.17, 15) is 14.9 Å². The second kappa shape index (κ2) is 8.33. The van der Waals surface area contributed by atoms with Crippen LogP contribution in [0.2, 0.25) is 0 Å². The van der Waals surface area contributed by atoms with E-state index >= 15 is 0 Å². The van der Waals surface area contributed by atoms with Crippen LogP contribution in [0.25, 0.3) is 0 Å². The first kappa shape index (κ1) is 19.1. The molecule has 8 heteroatoms. The number of aryl methyl sites for hydroxylation is 1. The van der Waals surface area contributed by atoms with Crippen LogP contribution in [0.4, 0.5) is 5.82 Å². The Morgan fingerprint density at radius 1 is 0.926 bits per heavy atom. The lowest BCUT2D eigenvalue weighted by molar-refractivity contribution is -0.151. The number of carbonyl (C=O) groups excluding carboxylic acids is 2. The third-order valence-corrected chi connectivity index (χ3v) is 5.38. The lowest BCUT2D eigenvalue weighted by Gasteiger charge is -2.35. The van der Waals surface area contributed by atoms with E-state index in [1.165, 1.54) is 0 Å². The smallest absolute Gasteiger partial charge is 0.312 e. The lowest BCUT2D eigenvalue weighted by Crippen LogP contribution is -2.53. The number of nitriles is 1. The molecule has 2 saturated heterocycles. The molecule has 0 N–H and O–H groups in total. The summed E-state index contributed by atoms with van der Waals surface area (Å²) in [6.45, 7) is 7.34. The number of likely N-dealkylation sites (tertiary alicyclic amines) is 1. The van der Waals surface area contributed by atoms with Crippen LogP contribution in [0.1, 0.15) is 43.5 Å². The molecule has 0 spiro atoms. The van der Waals surface area contributed by atoms with Gasteiger partial charge in [-0.1, -0.05) is 13.8 Å². The number of rotatable bonds is 3. The SMILES string of the molecule is CCc1nnc(N2CCN(C(=O)C(=O)N3CCCC3)CC2)c(C#N)c1CC. The van der Waals surface area contributed by atoms with Crippen LogP contribution in [-0.4, -0.2) is 71.1 Å². The molecule has 0 bridgehead atoms. The molecule has 0 saturated carbocycles. The average molecular weight is 370 g/mol. The van der Waals surface area contributed by atoms with Crippen LogP contribution in [-0.2, 0) is 22.4 Å². The van der Waals surface area contributed by atoms with Gasteiger partial charge in [0.2, 0.25) is 0 Å². The maximum Gasteiger partial charge on any atom is 0.312 e. The van der Waals surface area contributed by atoms with E-state index in [2.05, 4.69) is 16.3 Å². The maximum absolute atomic E-state index is 12.5. The number of nitrogens with zero attached hydrogens (tertiary/aromatic N) is 6. The number of hydrogen-bond donors (Lipinski definition) is 0. The highest BCUT2D eigenvalue weighted by atomic mass is 16.2. The van der Waals surface area contributed by atoms with Gasteiger partial charge in [0.05, 0.1) is 5.69 Å². The Morgan fingerprint density at radius 2 is 1.52 bits per heavy atom. The molecule has 3 heterocycles. The van der Waals surface area contributed by atoms with Crippen LogP contribution in [0.15, 0.2) is 0 Å². The summed E-state index contributed by atoms with van der Waals surface area (Å²) in [6.07, 6.45) is 3.41. The summed E-state index contributed by atoms with van der Waals surface area (Å²) < 4.78 is 0. The second-order valence-electron chi connectivity index (χ2n) is 6.92. The molecule has 0 aromatic carbocycles. The molecule has 1 aromatic rings. The van der Waals surface area contributed by atoms with Gasteiger partial charge < -0.3 is 14.7 Å². The third kappa shape index (κ3) is 3.72. The fourth-order valence-electron chi connectivity index (χ4n) is 3.81. The Kier molecular flexibility index (Phi) is 5.89. The zero-order valence-corrected chi connectivity index (χ0v) is 16.1. The van der Waals surface area contributed by atoms with Gasteiger partial charge in [-0.15, -0.1) is 5.10 Å². The zero-order chi connectivity index (χ0) is 19.4. The van der Waals surface area contributed by atoms with Gasteiger partial charge in [-0.25, -0.2) is 0 Å². The summed E-state index contributed by atoms with van der Waals surface area (Å²) in [6, 6.07) is 2.29. The van der Waals surface area contributed by atoms with E-state index in [1.807, 2.05) is 18.7 Å². The molecule has 2 amide bonds. The van der Waals surface area contributed by atoms with Crippen LogP contribution in [0, 0.1) is 11.3 Å². The summed E-state index contributed by atoms with van der Waals surface area (Å²) in [5, 5.41) is 18.3. The number of amides is 2. The van der Waals surface area contributed by atoms with E-state index in [0.717, 1.165) is 36.9 Å². The van der Waals surface area contributed by atoms with Crippen molar-refractivity contribution in [2.24, 2.45) is 0 Å². The van der Waals surface area contributed by atoms with Gasteiger partial charge >= 0.3 is 11.8 Å². The predicted molar refractivity (Wildman–Crippen MR) is 100 cm³/mol. The van der Waals surface area contributed by atoms with Crippen molar-refractivity contribution < 1.29 is 9.59 Å². The Bertz CT molecular complexity index is 758. The fraction of sp³-hybridized carbons (Fsp3) is 0.632. The van der Waals surface area contributed by atoms with Crippen molar-refractivity contribution >= 4 is 17.6 Å². The fourth-order valence-corrected chi connectivity index (χ4v) is 3.81. The summed E-state index contributed by atoms with van der Waals surface area (Å²) in [5.41, 5.74) is 2.40. The molecule has 0 aliphatic carbocycles. The van der Waals surface area contributed by atoms with Gasteiger partial charge in [0.25, 0.3) is 0 Å². The molecule has 3 rings (SSSR count). The predicted octanol–water partition coefficient (Wildman–Crippen LogP) is 0.744. The van der Waals surface area contributed by atoms with E-state index in [4.69, 9.17) is 0 Å². The average Bonchev–Trinajstić information content (AvgIpc) is 3.26. The minimum atomic E-state index is -0.418. The molecule has 0 radical (unpaired) electrons. The molecule has 0 unspecified atom stereocenters. The Morgan fingerprint density at radius 3 is 2.04 bits per heavy atom. The monoisotopic (exact) mass is 370 g/mol. The zero-order valence-electron chi connectivity index (χ0n) is 16.1. The van der Waals surface area contributed by atoms with Gasteiger partial charge in [0.15, 0.2) is 5.82 Å². The van der Waals surface area contributed by atoms with Gasteiger partial charge in [-0.3, -0.25) is 9.59 Å². The van der Waals surface area contributed by atoms with Crippen LogP contribution in [0.5, 0.6) is 0 Å². The molecular formula is C19H26N6O2. The van der Waals surface area contributed by atoms with Gasteiger partial charge in [0, 0.05) is 39.3 Å². The lowest BCUT2D eigenvalue weighted by atomic mass is 10.0. The number of hydrogen-bond acceptors (Lipinski definition) is 6. The Labute approximate surface area is 159 Å². The van der Waals surface area contributed by atoms with Crippen molar-refractivity contribution in [3.63, 3.8) is 0 Å². The normalized spacial score (nSPS) is 17.1. The summed E-state index contributed by atoms with van der Waals surface area (Å²) in [5.74, 6) is -0.220. The van der Waals surface area contributed by atoms with Crippen molar-refractivity contribution in [3.8, 4) is 6.07 Å². The van der Waals surface area contributed by atoms with Crippen LogP contribution >= 0.6 is 0 Å². The topological polar surface area (TPSA) is 93.4 Å². The first-order chi connectivity index (χ1) is 13.1. The number of piperazine rings is 1. The van der Waals surface area contributed by atoms with Crippen molar-refractivity contribution in [1.82, 2.24) is 20.0 Å². The van der Waals surface area contributed by atoms with Crippen LogP contribution in [0.3, 0.4) is 0 Å². The molecule has 2 aliphatic rings. The number of carbonyl (C=O) groups is 2. The first-order valence-electron chi connectivity index (χ1n) is 9.72. The van der Waals surface area contributed by atoms with E-state index in [-0.39, 0.29) is 5.91 Å². The third-order valence-electron chi connectivity index (χ3n) is 5.38. The first-order valence-corrected chi connectivity index (χ1v) is 9.72. The van der Waals surface area contributed by atoms with E-state index < -0.39 is 5.91 Å². The Balaban J connectivity index is 1.70. The minimum absolute atomic E-state index is 0.390. The van der Waals surface area contributed by atoms with Gasteiger partial charge in [-0.05, 0) is 31.2 Å². The van der Waals surface area contributed by atoms with E-state index in [1.54, 1.807) is 9.80 Å². The number of aromatic nitrogens is 2. The van der Waals surface area contributed by atoms with Gasteiger partial charge in [-0.2, -0.15) is 10.4 Å². The van der Waals surface area contributed by atoms with E-state index in [0.29, 0.717) is 50.6 Å². The maximum atomic E-state index is 12.5. The van der Waals surface area contributed by atoms with Crippen molar-refractivity contribution in [1.29, 1.82) is 5.26 Å². The molecule has 27 heavy (non-hydrogen) atoms. The van der Waals surface area contributed by atoms with Crippen LogP contribution < -0.4 is 4.90 Å². The molecule has 144 valence electrons. The molecule has 8 nitrogen and oxygen atoms in total. The second-order valence-corrected chi connectivity index (χ2v) is 6.92. The number of anilines is 1. The summed E-state index contributed by atoms with van der Waals surface area (Å²) in [4.78, 5) is 30.0. The highest BCUT2D eigenvalue weighted by Crippen LogP contribution is 2.24. The molecule has 2 fully saturated rings. The standard InChI is InChI=1S/C19H26N6O2/c1-3-14-15(13-20)17(22-21-16(14)4-2)23-9-11-25(12-10-23)19(27)18(26)24-7-5-6-8-24/h3-12H2,1-2H3. The Hall–Kier alpha value is -2.69. The molecule has 2 aliphatic heterocycles. The largest absolute Gasteiger partial charge is 0.350 e. The summed E-state index contributed by atoms with van der Waals surface area (Å²) >= 11 is 0. The van der Waals surface area contributed by atoms with Crippen molar-refractivity contribution in [2.75, 3.05) is 44.2 Å². The van der Waals surface area contributed by atoms with Crippen molar-refractivity contribution in [3.05, 3.63) is 16.8 Å². The van der Waals surface area contributed by atoms with Gasteiger partial charge in [0.1, 0.15) is 11.6 Å². The molecular weight excluding hydrogens is 344 g/mol. The molecule has 0 atom stereocenters.